The number of para-hydroxylation sites is 1. The lowest BCUT2D eigenvalue weighted by atomic mass is 10.1. The first-order chi connectivity index (χ1) is 12.8. The van der Waals surface area contributed by atoms with Crippen LogP contribution < -0.4 is 0 Å². The molecule has 0 fully saturated rings. The van der Waals surface area contributed by atoms with Crippen LogP contribution in [0.2, 0.25) is 0 Å². The first-order valence-electron chi connectivity index (χ1n) is 8.13. The van der Waals surface area contributed by atoms with Gasteiger partial charge in [0.25, 0.3) is 0 Å². The molecule has 0 saturated heterocycles. The number of pyridine rings is 1. The van der Waals surface area contributed by atoms with Gasteiger partial charge in [0.15, 0.2) is 11.5 Å². The number of aryl methyl sites for hydroxylation is 1. The minimum absolute atomic E-state index is 0.0758. The van der Waals surface area contributed by atoms with Crippen molar-refractivity contribution >= 4 is 10.9 Å². The number of alkyl halides is 3. The van der Waals surface area contributed by atoms with Gasteiger partial charge in [0, 0.05) is 10.9 Å². The maximum atomic E-state index is 13.6. The second kappa shape index (κ2) is 6.19. The van der Waals surface area contributed by atoms with Crippen molar-refractivity contribution in [1.29, 1.82) is 0 Å². The summed E-state index contributed by atoms with van der Waals surface area (Å²) in [6.07, 6.45) is -4.62. The van der Waals surface area contributed by atoms with Crippen molar-refractivity contribution < 1.29 is 17.6 Å². The normalized spacial score (nSPS) is 11.9. The van der Waals surface area contributed by atoms with Crippen LogP contribution in [0.3, 0.4) is 0 Å². The van der Waals surface area contributed by atoms with E-state index in [1.54, 1.807) is 18.2 Å². The number of fused-ring (bicyclic) bond motifs is 1. The molecule has 0 bridgehead atoms. The zero-order valence-corrected chi connectivity index (χ0v) is 14.1. The molecule has 136 valence electrons. The van der Waals surface area contributed by atoms with Crippen molar-refractivity contribution in [1.82, 2.24) is 14.8 Å². The average molecular weight is 371 g/mol. The Bertz CT molecular complexity index is 1130. The molecule has 0 atom stereocenters. The lowest BCUT2D eigenvalue weighted by Gasteiger charge is -2.11. The first kappa shape index (κ1) is 17.2. The number of hydrogen-bond acceptors (Lipinski definition) is 2. The van der Waals surface area contributed by atoms with Gasteiger partial charge in [-0.2, -0.15) is 18.3 Å². The third-order valence-electron chi connectivity index (χ3n) is 4.27. The molecule has 0 unspecified atom stereocenters. The second-order valence-corrected chi connectivity index (χ2v) is 6.15. The minimum atomic E-state index is -4.62. The van der Waals surface area contributed by atoms with Gasteiger partial charge in [-0.3, -0.25) is 0 Å². The summed E-state index contributed by atoms with van der Waals surface area (Å²) < 4.78 is 54.7. The van der Waals surface area contributed by atoms with Crippen LogP contribution in [0.4, 0.5) is 17.6 Å². The van der Waals surface area contributed by atoms with Crippen LogP contribution in [0.15, 0.2) is 60.7 Å². The van der Waals surface area contributed by atoms with Crippen molar-refractivity contribution in [3.05, 3.63) is 77.7 Å². The van der Waals surface area contributed by atoms with Crippen molar-refractivity contribution in [2.75, 3.05) is 0 Å². The SMILES string of the molecule is Cc1cc(-n2nc(-c3ccc(F)cc3)cc2C(F)(F)F)nc2ccccc12. The highest BCUT2D eigenvalue weighted by Crippen LogP contribution is 2.34. The summed E-state index contributed by atoms with van der Waals surface area (Å²) in [5.74, 6) is -0.395. The Labute approximate surface area is 151 Å². The molecule has 0 aliphatic carbocycles. The maximum Gasteiger partial charge on any atom is 0.433 e. The molecule has 2 aromatic carbocycles. The van der Waals surface area contributed by atoms with Crippen LogP contribution in [-0.2, 0) is 6.18 Å². The molecule has 27 heavy (non-hydrogen) atoms. The Morgan fingerprint density at radius 1 is 0.926 bits per heavy atom. The molecule has 4 rings (SSSR count). The van der Waals surface area contributed by atoms with Gasteiger partial charge in [-0.1, -0.05) is 18.2 Å². The van der Waals surface area contributed by atoms with E-state index < -0.39 is 17.7 Å². The maximum absolute atomic E-state index is 13.6. The fourth-order valence-electron chi connectivity index (χ4n) is 2.96. The van der Waals surface area contributed by atoms with E-state index in [4.69, 9.17) is 0 Å². The highest BCUT2D eigenvalue weighted by Gasteiger charge is 2.37. The summed E-state index contributed by atoms with van der Waals surface area (Å²) in [5, 5.41) is 4.97. The molecule has 4 aromatic rings. The van der Waals surface area contributed by atoms with Gasteiger partial charge < -0.3 is 0 Å². The third kappa shape index (κ3) is 3.16. The molecular formula is C20H13F4N3. The summed E-state index contributed by atoms with van der Waals surface area (Å²) in [6.45, 7) is 1.81. The summed E-state index contributed by atoms with van der Waals surface area (Å²) in [6, 6.07) is 14.9. The zero-order valence-electron chi connectivity index (χ0n) is 14.1. The molecule has 2 aromatic heterocycles. The van der Waals surface area contributed by atoms with Crippen LogP contribution in [0.5, 0.6) is 0 Å². The predicted molar refractivity (Wildman–Crippen MR) is 94.0 cm³/mol. The lowest BCUT2D eigenvalue weighted by molar-refractivity contribution is -0.142. The van der Waals surface area contributed by atoms with Crippen LogP contribution >= 0.6 is 0 Å². The fourth-order valence-corrected chi connectivity index (χ4v) is 2.96. The number of halogens is 4. The molecule has 0 spiro atoms. The molecule has 0 aliphatic rings. The largest absolute Gasteiger partial charge is 0.433 e. The van der Waals surface area contributed by atoms with Gasteiger partial charge in [0.05, 0.1) is 11.2 Å². The quantitative estimate of drug-likeness (QED) is 0.432. The minimum Gasteiger partial charge on any atom is -0.229 e. The van der Waals surface area contributed by atoms with E-state index in [2.05, 4.69) is 10.1 Å². The Kier molecular flexibility index (Phi) is 3.95. The van der Waals surface area contributed by atoms with Crippen LogP contribution in [-0.4, -0.2) is 14.8 Å². The van der Waals surface area contributed by atoms with Crippen molar-refractivity contribution in [3.8, 4) is 17.1 Å². The van der Waals surface area contributed by atoms with E-state index in [1.807, 2.05) is 19.1 Å². The first-order valence-corrected chi connectivity index (χ1v) is 8.13. The van der Waals surface area contributed by atoms with Gasteiger partial charge >= 0.3 is 6.18 Å². The van der Waals surface area contributed by atoms with E-state index >= 15 is 0 Å². The molecule has 0 amide bonds. The molecule has 0 N–H and O–H groups in total. The van der Waals surface area contributed by atoms with Gasteiger partial charge in [-0.25, -0.2) is 14.1 Å². The van der Waals surface area contributed by atoms with Crippen LogP contribution in [0, 0.1) is 12.7 Å². The topological polar surface area (TPSA) is 30.7 Å². The van der Waals surface area contributed by atoms with Gasteiger partial charge in [-0.15, -0.1) is 0 Å². The Balaban J connectivity index is 1.93. The molecular weight excluding hydrogens is 358 g/mol. The summed E-state index contributed by atoms with van der Waals surface area (Å²) in [5.41, 5.74) is 0.916. The van der Waals surface area contributed by atoms with E-state index in [-0.39, 0.29) is 11.5 Å². The smallest absolute Gasteiger partial charge is 0.229 e. The van der Waals surface area contributed by atoms with E-state index in [0.717, 1.165) is 21.7 Å². The third-order valence-corrected chi connectivity index (χ3v) is 4.27. The van der Waals surface area contributed by atoms with Crippen LogP contribution in [0.1, 0.15) is 11.3 Å². The lowest BCUT2D eigenvalue weighted by Crippen LogP contribution is -2.14. The highest BCUT2D eigenvalue weighted by molar-refractivity contribution is 5.82. The number of hydrogen-bond donors (Lipinski definition) is 0. The van der Waals surface area contributed by atoms with Crippen molar-refractivity contribution in [3.63, 3.8) is 0 Å². The van der Waals surface area contributed by atoms with Gasteiger partial charge in [0.2, 0.25) is 0 Å². The molecule has 3 nitrogen and oxygen atoms in total. The Hall–Kier alpha value is -3.22. The Morgan fingerprint density at radius 3 is 2.33 bits per heavy atom. The predicted octanol–water partition coefficient (Wildman–Crippen LogP) is 5.55. The summed E-state index contributed by atoms with van der Waals surface area (Å²) in [4.78, 5) is 4.34. The molecule has 7 heteroatoms. The molecule has 0 aliphatic heterocycles. The molecule has 2 heterocycles. The van der Waals surface area contributed by atoms with Gasteiger partial charge in [0.1, 0.15) is 5.82 Å². The standard InChI is InChI=1S/C20H13F4N3/c1-12-10-19(25-16-5-3-2-4-15(12)16)27-18(20(22,23)24)11-17(26-27)13-6-8-14(21)9-7-13/h2-11H,1H3. The van der Waals surface area contributed by atoms with E-state index in [0.29, 0.717) is 11.1 Å². The fraction of sp³-hybridized carbons (Fsp3) is 0.100. The monoisotopic (exact) mass is 371 g/mol. The number of aromatic nitrogens is 3. The number of benzene rings is 2. The highest BCUT2D eigenvalue weighted by atomic mass is 19.4. The van der Waals surface area contributed by atoms with E-state index in [9.17, 15) is 17.6 Å². The zero-order chi connectivity index (χ0) is 19.2. The molecule has 0 saturated carbocycles. The number of nitrogens with zero attached hydrogens (tertiary/aromatic N) is 3. The Morgan fingerprint density at radius 2 is 1.63 bits per heavy atom. The average Bonchev–Trinajstić information content (AvgIpc) is 3.08. The summed E-state index contributed by atoms with van der Waals surface area (Å²) >= 11 is 0. The van der Waals surface area contributed by atoms with Crippen molar-refractivity contribution in [2.45, 2.75) is 13.1 Å². The second-order valence-electron chi connectivity index (χ2n) is 6.15. The van der Waals surface area contributed by atoms with Crippen molar-refractivity contribution in [2.24, 2.45) is 0 Å². The number of rotatable bonds is 2. The van der Waals surface area contributed by atoms with Crippen LogP contribution in [0.25, 0.3) is 28.0 Å². The molecule has 0 radical (unpaired) electrons. The van der Waals surface area contributed by atoms with E-state index in [1.165, 1.54) is 24.3 Å². The van der Waals surface area contributed by atoms with Gasteiger partial charge in [-0.05, 0) is 55.0 Å². The summed E-state index contributed by atoms with van der Waals surface area (Å²) in [7, 11) is 0.